The molecule has 1 atom stereocenters. The zero-order chi connectivity index (χ0) is 14.3. The minimum Gasteiger partial charge on any atom is -0.490 e. The van der Waals surface area contributed by atoms with Crippen LogP contribution in [0, 0.1) is 0 Å². The third-order valence-electron chi connectivity index (χ3n) is 2.49. The third kappa shape index (κ3) is 4.44. The van der Waals surface area contributed by atoms with E-state index < -0.39 is 11.5 Å². The highest BCUT2D eigenvalue weighted by molar-refractivity contribution is 5.80. The van der Waals surface area contributed by atoms with E-state index in [2.05, 4.69) is 4.74 Å². The lowest BCUT2D eigenvalue weighted by atomic mass is 10.1. The molecule has 0 heterocycles. The van der Waals surface area contributed by atoms with Crippen molar-refractivity contribution in [3.63, 3.8) is 0 Å². The summed E-state index contributed by atoms with van der Waals surface area (Å²) in [6.45, 7) is 4.22. The molecule has 0 aliphatic rings. The first-order valence-electron chi connectivity index (χ1n) is 6.23. The summed E-state index contributed by atoms with van der Waals surface area (Å²) in [5.74, 6) is 0.695. The average molecular weight is 267 g/mol. The number of para-hydroxylation sites is 2. The second-order valence-corrected chi connectivity index (χ2v) is 4.49. The summed E-state index contributed by atoms with van der Waals surface area (Å²) in [6, 6.07) is 7.29. The van der Waals surface area contributed by atoms with Crippen LogP contribution in [-0.4, -0.2) is 31.8 Å². The van der Waals surface area contributed by atoms with E-state index in [0.29, 0.717) is 18.1 Å². The van der Waals surface area contributed by atoms with Gasteiger partial charge in [0.15, 0.2) is 11.5 Å². The maximum Gasteiger partial charge on any atom is 0.329 e. The van der Waals surface area contributed by atoms with Crippen molar-refractivity contribution in [3.8, 4) is 11.5 Å². The van der Waals surface area contributed by atoms with Crippen molar-refractivity contribution in [2.45, 2.75) is 25.8 Å². The number of hydrogen-bond donors (Lipinski definition) is 1. The average Bonchev–Trinajstić information content (AvgIpc) is 2.42. The van der Waals surface area contributed by atoms with Crippen LogP contribution in [0.5, 0.6) is 11.5 Å². The largest absolute Gasteiger partial charge is 0.490 e. The number of nitrogens with two attached hydrogens (primary N) is 1. The highest BCUT2D eigenvalue weighted by atomic mass is 16.5. The van der Waals surface area contributed by atoms with Crippen LogP contribution in [0.1, 0.15) is 20.3 Å². The van der Waals surface area contributed by atoms with Gasteiger partial charge in [0.25, 0.3) is 0 Å². The van der Waals surface area contributed by atoms with E-state index in [1.807, 2.05) is 25.1 Å². The molecule has 0 saturated heterocycles. The quantitative estimate of drug-likeness (QED) is 0.762. The van der Waals surface area contributed by atoms with Crippen LogP contribution < -0.4 is 15.2 Å². The van der Waals surface area contributed by atoms with Gasteiger partial charge >= 0.3 is 5.97 Å². The number of hydrogen-bond acceptors (Lipinski definition) is 5. The van der Waals surface area contributed by atoms with E-state index in [-0.39, 0.29) is 6.61 Å². The van der Waals surface area contributed by atoms with Gasteiger partial charge in [-0.3, -0.25) is 0 Å². The number of carbonyl (C=O) groups excluding carboxylic acids is 1. The predicted octanol–water partition coefficient (Wildman–Crippen LogP) is 1.74. The van der Waals surface area contributed by atoms with E-state index in [1.54, 1.807) is 13.0 Å². The van der Waals surface area contributed by atoms with Crippen LogP contribution in [0.2, 0.25) is 0 Å². The Hall–Kier alpha value is -1.75. The molecule has 0 aromatic heterocycles. The van der Waals surface area contributed by atoms with E-state index in [9.17, 15) is 4.79 Å². The Labute approximate surface area is 113 Å². The summed E-state index contributed by atoms with van der Waals surface area (Å²) in [7, 11) is 1.30. The molecule has 0 radical (unpaired) electrons. The van der Waals surface area contributed by atoms with E-state index in [0.717, 1.165) is 6.42 Å². The monoisotopic (exact) mass is 267 g/mol. The van der Waals surface area contributed by atoms with Gasteiger partial charge in [0.05, 0.1) is 13.7 Å². The van der Waals surface area contributed by atoms with Crippen molar-refractivity contribution in [3.05, 3.63) is 24.3 Å². The molecular formula is C14H21NO4. The molecule has 0 spiro atoms. The molecule has 2 N–H and O–H groups in total. The van der Waals surface area contributed by atoms with Gasteiger partial charge in [0.2, 0.25) is 0 Å². The van der Waals surface area contributed by atoms with Crippen molar-refractivity contribution in [1.82, 2.24) is 0 Å². The molecule has 5 heteroatoms. The Morgan fingerprint density at radius 2 is 1.84 bits per heavy atom. The molecule has 0 fully saturated rings. The van der Waals surface area contributed by atoms with E-state index >= 15 is 0 Å². The molecule has 1 aromatic carbocycles. The van der Waals surface area contributed by atoms with Crippen molar-refractivity contribution in [2.24, 2.45) is 5.73 Å². The topological polar surface area (TPSA) is 70.8 Å². The molecule has 106 valence electrons. The van der Waals surface area contributed by atoms with Gasteiger partial charge in [-0.1, -0.05) is 19.1 Å². The summed E-state index contributed by atoms with van der Waals surface area (Å²) < 4.78 is 15.8. The molecule has 0 bridgehead atoms. The summed E-state index contributed by atoms with van der Waals surface area (Å²) in [4.78, 5) is 11.5. The first-order valence-corrected chi connectivity index (χ1v) is 6.23. The third-order valence-corrected chi connectivity index (χ3v) is 2.49. The number of ether oxygens (including phenoxy) is 3. The predicted molar refractivity (Wildman–Crippen MR) is 72.3 cm³/mol. The number of benzene rings is 1. The maximum absolute atomic E-state index is 11.5. The molecule has 1 unspecified atom stereocenters. The second-order valence-electron chi connectivity index (χ2n) is 4.49. The molecule has 1 aromatic rings. The lowest BCUT2D eigenvalue weighted by Crippen LogP contribution is -2.50. The van der Waals surface area contributed by atoms with Crippen LogP contribution in [0.15, 0.2) is 24.3 Å². The summed E-state index contributed by atoms with van der Waals surface area (Å²) >= 11 is 0. The Morgan fingerprint density at radius 3 is 2.37 bits per heavy atom. The van der Waals surface area contributed by atoms with Gasteiger partial charge in [-0.15, -0.1) is 0 Å². The second kappa shape index (κ2) is 6.99. The fourth-order valence-corrected chi connectivity index (χ4v) is 1.42. The lowest BCUT2D eigenvalue weighted by Gasteiger charge is -2.22. The highest BCUT2D eigenvalue weighted by Crippen LogP contribution is 2.27. The molecule has 19 heavy (non-hydrogen) atoms. The van der Waals surface area contributed by atoms with Crippen molar-refractivity contribution in [1.29, 1.82) is 0 Å². The molecule has 0 aliphatic carbocycles. The van der Waals surface area contributed by atoms with E-state index in [4.69, 9.17) is 15.2 Å². The smallest absolute Gasteiger partial charge is 0.329 e. The normalized spacial score (nSPS) is 13.5. The first-order chi connectivity index (χ1) is 9.01. The Bertz CT molecular complexity index is 418. The molecule has 1 rings (SSSR count). The summed E-state index contributed by atoms with van der Waals surface area (Å²) in [6.07, 6.45) is 0.908. The standard InChI is InChI=1S/C14H21NO4/c1-4-9-18-11-7-5-6-8-12(11)19-10-14(2,15)13(16)17-3/h5-8H,4,9-10,15H2,1-3H3. The SMILES string of the molecule is CCCOc1ccccc1OCC(C)(N)C(=O)OC. The van der Waals surface area contributed by atoms with Crippen LogP contribution in [0.3, 0.4) is 0 Å². The van der Waals surface area contributed by atoms with Crippen LogP contribution in [0.25, 0.3) is 0 Å². The van der Waals surface area contributed by atoms with Gasteiger partial charge in [-0.2, -0.15) is 0 Å². The number of rotatable bonds is 7. The Balaban J connectivity index is 2.69. The summed E-state index contributed by atoms with van der Waals surface area (Å²) in [5, 5.41) is 0. The fraction of sp³-hybridized carbons (Fsp3) is 0.500. The van der Waals surface area contributed by atoms with Crippen LogP contribution in [-0.2, 0) is 9.53 Å². The highest BCUT2D eigenvalue weighted by Gasteiger charge is 2.30. The first kappa shape index (κ1) is 15.3. The van der Waals surface area contributed by atoms with Crippen LogP contribution in [0.4, 0.5) is 0 Å². The van der Waals surface area contributed by atoms with Gasteiger partial charge in [0.1, 0.15) is 12.1 Å². The molecule has 0 aliphatic heterocycles. The summed E-state index contributed by atoms with van der Waals surface area (Å²) in [5.41, 5.74) is 4.64. The zero-order valence-electron chi connectivity index (χ0n) is 11.6. The fourth-order valence-electron chi connectivity index (χ4n) is 1.42. The minimum absolute atomic E-state index is 0.0200. The maximum atomic E-state index is 11.5. The number of carbonyl (C=O) groups is 1. The van der Waals surface area contributed by atoms with Crippen molar-refractivity contribution >= 4 is 5.97 Å². The van der Waals surface area contributed by atoms with Gasteiger partial charge in [-0.05, 0) is 25.5 Å². The van der Waals surface area contributed by atoms with Crippen molar-refractivity contribution < 1.29 is 19.0 Å². The van der Waals surface area contributed by atoms with Gasteiger partial charge < -0.3 is 19.9 Å². The lowest BCUT2D eigenvalue weighted by molar-refractivity contribution is -0.147. The Morgan fingerprint density at radius 1 is 1.26 bits per heavy atom. The Kier molecular flexibility index (Phi) is 5.63. The van der Waals surface area contributed by atoms with Crippen molar-refractivity contribution in [2.75, 3.05) is 20.3 Å². The molecule has 5 nitrogen and oxygen atoms in total. The van der Waals surface area contributed by atoms with Gasteiger partial charge in [-0.25, -0.2) is 4.79 Å². The minimum atomic E-state index is -1.19. The van der Waals surface area contributed by atoms with E-state index in [1.165, 1.54) is 7.11 Å². The molecule has 0 saturated carbocycles. The molecule has 0 amide bonds. The van der Waals surface area contributed by atoms with Crippen LogP contribution >= 0.6 is 0 Å². The molecular weight excluding hydrogens is 246 g/mol. The zero-order valence-corrected chi connectivity index (χ0v) is 11.6. The number of esters is 1. The van der Waals surface area contributed by atoms with Gasteiger partial charge in [0, 0.05) is 0 Å². The number of methoxy groups -OCH3 is 1.